The third-order valence-electron chi connectivity index (χ3n) is 4.02. The number of furan rings is 1. The summed E-state index contributed by atoms with van der Waals surface area (Å²) in [5, 5.41) is 4.03. The summed E-state index contributed by atoms with van der Waals surface area (Å²) in [6.07, 6.45) is 3.60. The second-order valence-corrected chi connectivity index (χ2v) is 6.12. The smallest absolute Gasteiger partial charge is 0.193 e. The first-order valence-electron chi connectivity index (χ1n) is 8.15. The summed E-state index contributed by atoms with van der Waals surface area (Å²) in [6, 6.07) is 11.5. The van der Waals surface area contributed by atoms with E-state index in [0.29, 0.717) is 5.02 Å². The molecule has 1 N–H and O–H groups in total. The third kappa shape index (κ3) is 4.23. The van der Waals surface area contributed by atoms with E-state index in [1.807, 2.05) is 36.4 Å². The second-order valence-electron chi connectivity index (χ2n) is 5.71. The molecule has 5 nitrogen and oxygen atoms in total. The molecule has 0 spiro atoms. The summed E-state index contributed by atoms with van der Waals surface area (Å²) in [5.74, 6) is 2.61. The monoisotopic (exact) mass is 347 g/mol. The fraction of sp³-hybridized carbons (Fsp3) is 0.389. The van der Waals surface area contributed by atoms with Crippen LogP contribution in [0.5, 0.6) is 5.75 Å². The predicted octanol–water partition coefficient (Wildman–Crippen LogP) is 3.20. The number of para-hydroxylation sites is 1. The lowest BCUT2D eigenvalue weighted by Crippen LogP contribution is -2.41. The van der Waals surface area contributed by atoms with Gasteiger partial charge in [0.05, 0.1) is 17.8 Å². The Morgan fingerprint density at radius 1 is 1.38 bits per heavy atom. The van der Waals surface area contributed by atoms with Gasteiger partial charge in [-0.1, -0.05) is 23.7 Å². The van der Waals surface area contributed by atoms with Crippen LogP contribution in [0.3, 0.4) is 0 Å². The zero-order valence-corrected chi connectivity index (χ0v) is 14.5. The lowest BCUT2D eigenvalue weighted by molar-refractivity contribution is 0.214. The van der Waals surface area contributed by atoms with Gasteiger partial charge in [-0.3, -0.25) is 4.99 Å². The molecule has 6 heteroatoms. The molecule has 0 saturated carbocycles. The topological polar surface area (TPSA) is 50.0 Å². The van der Waals surface area contributed by atoms with E-state index >= 15 is 0 Å². The summed E-state index contributed by atoms with van der Waals surface area (Å²) < 4.78 is 11.4. The highest BCUT2D eigenvalue weighted by atomic mass is 35.5. The van der Waals surface area contributed by atoms with Gasteiger partial charge in [-0.05, 0) is 24.3 Å². The number of guanidine groups is 1. The first-order valence-corrected chi connectivity index (χ1v) is 8.53. The fourth-order valence-corrected chi connectivity index (χ4v) is 3.00. The molecule has 1 aromatic carbocycles. The highest BCUT2D eigenvalue weighted by molar-refractivity contribution is 6.32. The summed E-state index contributed by atoms with van der Waals surface area (Å²) in [7, 11) is 1.80. The third-order valence-corrected chi connectivity index (χ3v) is 4.33. The highest BCUT2D eigenvalue weighted by Gasteiger charge is 2.26. The highest BCUT2D eigenvalue weighted by Crippen LogP contribution is 2.26. The zero-order valence-electron chi connectivity index (χ0n) is 13.7. The van der Waals surface area contributed by atoms with E-state index in [-0.39, 0.29) is 6.10 Å². The molecule has 1 aromatic heterocycles. The summed E-state index contributed by atoms with van der Waals surface area (Å²) in [5.41, 5.74) is 0. The van der Waals surface area contributed by atoms with Gasteiger partial charge in [-0.15, -0.1) is 0 Å². The number of hydrogen-bond acceptors (Lipinski definition) is 3. The largest absolute Gasteiger partial charge is 0.487 e. The lowest BCUT2D eigenvalue weighted by atomic mass is 10.3. The van der Waals surface area contributed by atoms with E-state index < -0.39 is 0 Å². The van der Waals surface area contributed by atoms with Crippen molar-refractivity contribution >= 4 is 17.6 Å². The molecule has 1 aliphatic rings. The zero-order chi connectivity index (χ0) is 16.8. The number of hydrogen-bond donors (Lipinski definition) is 1. The molecule has 1 aliphatic heterocycles. The van der Waals surface area contributed by atoms with Crippen molar-refractivity contribution in [2.45, 2.75) is 18.9 Å². The van der Waals surface area contributed by atoms with Crippen molar-refractivity contribution in [2.75, 3.05) is 26.7 Å². The van der Waals surface area contributed by atoms with Gasteiger partial charge in [-0.25, -0.2) is 0 Å². The van der Waals surface area contributed by atoms with Crippen LogP contribution in [0.4, 0.5) is 0 Å². The molecule has 1 fully saturated rings. The summed E-state index contributed by atoms with van der Waals surface area (Å²) >= 11 is 6.16. The van der Waals surface area contributed by atoms with Crippen molar-refractivity contribution in [3.05, 3.63) is 53.4 Å². The van der Waals surface area contributed by atoms with Crippen LogP contribution in [0.25, 0.3) is 0 Å². The minimum atomic E-state index is 0.119. The Labute approximate surface area is 147 Å². The predicted molar refractivity (Wildman–Crippen MR) is 95.8 cm³/mol. The molecule has 2 aromatic rings. The molecule has 0 aliphatic carbocycles. The van der Waals surface area contributed by atoms with Gasteiger partial charge in [0.2, 0.25) is 0 Å². The van der Waals surface area contributed by atoms with Crippen molar-refractivity contribution in [3.63, 3.8) is 0 Å². The number of halogens is 1. The molecule has 0 amide bonds. The Hall–Kier alpha value is -2.14. The molecule has 24 heavy (non-hydrogen) atoms. The van der Waals surface area contributed by atoms with E-state index in [2.05, 4.69) is 15.2 Å². The Kier molecular flexibility index (Phi) is 5.64. The number of likely N-dealkylation sites (tertiary alicyclic amines) is 1. The van der Waals surface area contributed by atoms with Gasteiger partial charge in [0, 0.05) is 33.0 Å². The quantitative estimate of drug-likeness (QED) is 0.666. The maximum Gasteiger partial charge on any atom is 0.193 e. The fourth-order valence-electron chi connectivity index (χ4n) is 2.82. The molecule has 1 saturated heterocycles. The molecule has 3 rings (SSSR count). The van der Waals surface area contributed by atoms with Crippen molar-refractivity contribution in [1.29, 1.82) is 0 Å². The van der Waals surface area contributed by atoms with Crippen LogP contribution in [0.2, 0.25) is 5.02 Å². The Balaban J connectivity index is 1.49. The average molecular weight is 348 g/mol. The Bertz CT molecular complexity index is 673. The normalized spacial score (nSPS) is 18.0. The number of nitrogens with zero attached hydrogens (tertiary/aromatic N) is 2. The van der Waals surface area contributed by atoms with E-state index in [1.54, 1.807) is 13.3 Å². The maximum absolute atomic E-state index is 6.16. The Morgan fingerprint density at radius 3 is 3.00 bits per heavy atom. The molecule has 2 heterocycles. The van der Waals surface area contributed by atoms with E-state index in [9.17, 15) is 0 Å². The molecule has 0 bridgehead atoms. The van der Waals surface area contributed by atoms with Crippen molar-refractivity contribution in [2.24, 2.45) is 4.99 Å². The minimum absolute atomic E-state index is 0.119. The Morgan fingerprint density at radius 2 is 2.25 bits per heavy atom. The van der Waals surface area contributed by atoms with E-state index in [1.165, 1.54) is 0 Å². The number of ether oxygens (including phenoxy) is 1. The van der Waals surface area contributed by atoms with Gasteiger partial charge in [0.1, 0.15) is 17.6 Å². The molecule has 128 valence electrons. The van der Waals surface area contributed by atoms with Crippen LogP contribution in [0, 0.1) is 0 Å². The first kappa shape index (κ1) is 16.7. The lowest BCUT2D eigenvalue weighted by Gasteiger charge is -2.21. The standard InChI is InChI=1S/C18H22ClN3O2/c1-20-18(21-10-8-14-5-4-12-23-14)22-11-9-15(13-22)24-17-7-3-2-6-16(17)19/h2-7,12,15H,8-11,13H2,1H3,(H,20,21). The van der Waals surface area contributed by atoms with Gasteiger partial charge < -0.3 is 19.4 Å². The number of benzene rings is 1. The van der Waals surface area contributed by atoms with Crippen LogP contribution < -0.4 is 10.1 Å². The van der Waals surface area contributed by atoms with E-state index in [0.717, 1.165) is 49.9 Å². The maximum atomic E-state index is 6.16. The number of nitrogens with one attached hydrogen (secondary N) is 1. The van der Waals surface area contributed by atoms with Crippen molar-refractivity contribution in [3.8, 4) is 5.75 Å². The van der Waals surface area contributed by atoms with Crippen LogP contribution in [-0.4, -0.2) is 43.6 Å². The van der Waals surface area contributed by atoms with Crippen molar-refractivity contribution in [1.82, 2.24) is 10.2 Å². The SMILES string of the molecule is CN=C(NCCc1ccco1)N1CCC(Oc2ccccc2Cl)C1. The van der Waals surface area contributed by atoms with Gasteiger partial charge >= 0.3 is 0 Å². The summed E-state index contributed by atoms with van der Waals surface area (Å²) in [6.45, 7) is 2.49. The molecular weight excluding hydrogens is 326 g/mol. The van der Waals surface area contributed by atoms with Crippen LogP contribution in [0.1, 0.15) is 12.2 Å². The van der Waals surface area contributed by atoms with Gasteiger partial charge in [0.15, 0.2) is 5.96 Å². The average Bonchev–Trinajstić information content (AvgIpc) is 3.26. The first-order chi connectivity index (χ1) is 11.8. The number of aliphatic imine (C=N–C) groups is 1. The van der Waals surface area contributed by atoms with Crippen LogP contribution in [-0.2, 0) is 6.42 Å². The minimum Gasteiger partial charge on any atom is -0.487 e. The van der Waals surface area contributed by atoms with E-state index in [4.69, 9.17) is 20.8 Å². The van der Waals surface area contributed by atoms with Gasteiger partial charge in [-0.2, -0.15) is 0 Å². The van der Waals surface area contributed by atoms with Gasteiger partial charge in [0.25, 0.3) is 0 Å². The number of rotatable bonds is 5. The second kappa shape index (κ2) is 8.11. The van der Waals surface area contributed by atoms with Crippen LogP contribution in [0.15, 0.2) is 52.1 Å². The molecule has 0 radical (unpaired) electrons. The summed E-state index contributed by atoms with van der Waals surface area (Å²) in [4.78, 5) is 6.58. The molecular formula is C18H22ClN3O2. The molecule has 1 atom stereocenters. The van der Waals surface area contributed by atoms with Crippen LogP contribution >= 0.6 is 11.6 Å². The molecule has 1 unspecified atom stereocenters. The van der Waals surface area contributed by atoms with Crippen molar-refractivity contribution < 1.29 is 9.15 Å².